The summed E-state index contributed by atoms with van der Waals surface area (Å²) in [6.07, 6.45) is -6.92. The number of aliphatic hydroxyl groups excluding tert-OH is 4. The Balaban J connectivity index is 2.67. The summed E-state index contributed by atoms with van der Waals surface area (Å²) in [7, 11) is 0. The average molecular weight is 208 g/mol. The van der Waals surface area contributed by atoms with Crippen LogP contribution >= 0.6 is 0 Å². The van der Waals surface area contributed by atoms with Crippen LogP contribution in [0.3, 0.4) is 0 Å². The van der Waals surface area contributed by atoms with E-state index in [1.54, 1.807) is 0 Å². The highest BCUT2D eigenvalue weighted by Crippen LogP contribution is 2.21. The highest BCUT2D eigenvalue weighted by Gasteiger charge is 2.44. The smallest absolute Gasteiger partial charge is 0.295 e. The zero-order valence-electron chi connectivity index (χ0n) is 7.18. The van der Waals surface area contributed by atoms with Crippen molar-refractivity contribution in [3.05, 3.63) is 0 Å². The monoisotopic (exact) mass is 208 g/mol. The second kappa shape index (κ2) is 4.67. The predicted octanol–water partition coefficient (Wildman–Crippen LogP) is -3.04. The highest BCUT2D eigenvalue weighted by atomic mass is 16.7. The highest BCUT2D eigenvalue weighted by molar-refractivity contribution is 5.37. The Hall–Kier alpha value is -0.730. The van der Waals surface area contributed by atoms with E-state index < -0.39 is 37.3 Å². The largest absolute Gasteiger partial charge is 0.435 e. The van der Waals surface area contributed by atoms with Gasteiger partial charge in [0.05, 0.1) is 6.61 Å². The van der Waals surface area contributed by atoms with Crippen LogP contribution in [0.5, 0.6) is 0 Å². The van der Waals surface area contributed by atoms with E-state index in [1.165, 1.54) is 0 Å². The molecule has 7 heteroatoms. The van der Waals surface area contributed by atoms with Gasteiger partial charge in [-0.2, -0.15) is 0 Å². The molecule has 1 saturated heterocycles. The maximum Gasteiger partial charge on any atom is 0.295 e. The third kappa shape index (κ3) is 2.02. The van der Waals surface area contributed by atoms with Crippen molar-refractivity contribution in [1.82, 2.24) is 0 Å². The molecule has 0 aliphatic carbocycles. The zero-order chi connectivity index (χ0) is 10.7. The lowest BCUT2D eigenvalue weighted by molar-refractivity contribution is -0.288. The van der Waals surface area contributed by atoms with Crippen LogP contribution in [0.1, 0.15) is 0 Å². The summed E-state index contributed by atoms with van der Waals surface area (Å²) in [4.78, 5) is 9.98. The number of carbonyl (C=O) groups is 1. The van der Waals surface area contributed by atoms with Gasteiger partial charge in [0.25, 0.3) is 6.47 Å². The third-order valence-corrected chi connectivity index (χ3v) is 2.04. The predicted molar refractivity (Wildman–Crippen MR) is 40.9 cm³/mol. The van der Waals surface area contributed by atoms with E-state index >= 15 is 0 Å². The van der Waals surface area contributed by atoms with Crippen molar-refractivity contribution in [2.75, 3.05) is 6.61 Å². The lowest BCUT2D eigenvalue weighted by Crippen LogP contribution is -2.59. The summed E-state index contributed by atoms with van der Waals surface area (Å²) >= 11 is 0. The fraction of sp³-hybridized carbons (Fsp3) is 0.857. The van der Waals surface area contributed by atoms with Gasteiger partial charge in [-0.3, -0.25) is 4.79 Å². The van der Waals surface area contributed by atoms with E-state index in [-0.39, 0.29) is 6.47 Å². The Labute approximate surface area is 79.5 Å². The SMILES string of the molecule is O=CO[C@@H]1O[C@H](CO)[C@H](O)[C@H](O)[C@H]1O. The van der Waals surface area contributed by atoms with Crippen molar-refractivity contribution < 1.29 is 34.7 Å². The summed E-state index contributed by atoms with van der Waals surface area (Å²) in [6, 6.07) is 0. The van der Waals surface area contributed by atoms with Crippen LogP contribution in [-0.2, 0) is 14.3 Å². The Morgan fingerprint density at radius 2 is 1.86 bits per heavy atom. The second-order valence-electron chi connectivity index (χ2n) is 2.93. The number of carbonyl (C=O) groups excluding carboxylic acids is 1. The molecule has 7 nitrogen and oxygen atoms in total. The number of ether oxygens (including phenoxy) is 2. The molecule has 14 heavy (non-hydrogen) atoms. The summed E-state index contributed by atoms with van der Waals surface area (Å²) < 4.78 is 9.12. The molecule has 4 N–H and O–H groups in total. The Kier molecular flexibility index (Phi) is 3.78. The molecule has 0 aromatic rings. The second-order valence-corrected chi connectivity index (χ2v) is 2.93. The molecule has 1 aliphatic heterocycles. The molecule has 0 bridgehead atoms. The van der Waals surface area contributed by atoms with E-state index in [0.717, 1.165) is 0 Å². The van der Waals surface area contributed by atoms with Gasteiger partial charge in [-0.15, -0.1) is 0 Å². The molecule has 0 spiro atoms. The van der Waals surface area contributed by atoms with Crippen molar-refractivity contribution in [2.24, 2.45) is 0 Å². The van der Waals surface area contributed by atoms with Crippen LogP contribution in [0.4, 0.5) is 0 Å². The standard InChI is InChI=1S/C7H12O7/c8-1-3-4(10)5(11)6(12)7(14-3)13-2-9/h2-8,10-12H,1H2/t3-,4+,5+,6-,7-/m1/s1. The van der Waals surface area contributed by atoms with Gasteiger partial charge in [0.1, 0.15) is 24.4 Å². The minimum atomic E-state index is -1.53. The number of hydrogen-bond acceptors (Lipinski definition) is 7. The summed E-state index contributed by atoms with van der Waals surface area (Å²) in [5, 5.41) is 36.5. The maximum atomic E-state index is 9.98. The van der Waals surface area contributed by atoms with Gasteiger partial charge in [0, 0.05) is 0 Å². The third-order valence-electron chi connectivity index (χ3n) is 2.04. The van der Waals surface area contributed by atoms with E-state index in [0.29, 0.717) is 0 Å². The number of hydrogen-bond donors (Lipinski definition) is 4. The summed E-state index contributed by atoms with van der Waals surface area (Å²) in [5.74, 6) is 0. The minimum Gasteiger partial charge on any atom is -0.435 e. The number of rotatable bonds is 3. The normalized spacial score (nSPS) is 43.3. The lowest BCUT2D eigenvalue weighted by Gasteiger charge is -2.38. The molecule has 0 radical (unpaired) electrons. The van der Waals surface area contributed by atoms with Gasteiger partial charge in [0.15, 0.2) is 0 Å². The van der Waals surface area contributed by atoms with Gasteiger partial charge in [-0.05, 0) is 0 Å². The Morgan fingerprint density at radius 3 is 2.36 bits per heavy atom. The lowest BCUT2D eigenvalue weighted by atomic mass is 9.99. The van der Waals surface area contributed by atoms with Gasteiger partial charge in [-0.1, -0.05) is 0 Å². The van der Waals surface area contributed by atoms with E-state index in [4.69, 9.17) is 9.84 Å². The van der Waals surface area contributed by atoms with Crippen LogP contribution in [0.15, 0.2) is 0 Å². The van der Waals surface area contributed by atoms with Crippen LogP contribution in [0.25, 0.3) is 0 Å². The topological polar surface area (TPSA) is 116 Å². The Bertz CT molecular complexity index is 194. The minimum absolute atomic E-state index is 0.0484. The summed E-state index contributed by atoms with van der Waals surface area (Å²) in [6.45, 7) is -0.504. The van der Waals surface area contributed by atoms with Gasteiger partial charge in [-0.25, -0.2) is 0 Å². The van der Waals surface area contributed by atoms with Gasteiger partial charge >= 0.3 is 0 Å². The molecular weight excluding hydrogens is 196 g/mol. The van der Waals surface area contributed by atoms with Crippen molar-refractivity contribution in [3.63, 3.8) is 0 Å². The average Bonchev–Trinajstić information content (AvgIpc) is 2.19. The molecule has 0 amide bonds. The van der Waals surface area contributed by atoms with Crippen LogP contribution in [0, 0.1) is 0 Å². The van der Waals surface area contributed by atoms with E-state index in [9.17, 15) is 20.1 Å². The fourth-order valence-corrected chi connectivity index (χ4v) is 1.23. The first kappa shape index (κ1) is 11.3. The van der Waals surface area contributed by atoms with Crippen molar-refractivity contribution in [1.29, 1.82) is 0 Å². The molecule has 0 aromatic heterocycles. The molecule has 1 heterocycles. The molecule has 5 atom stereocenters. The quantitative estimate of drug-likeness (QED) is 0.364. The van der Waals surface area contributed by atoms with Crippen LogP contribution in [0.2, 0.25) is 0 Å². The molecule has 82 valence electrons. The van der Waals surface area contributed by atoms with Crippen molar-refractivity contribution in [2.45, 2.75) is 30.7 Å². The molecule has 0 unspecified atom stereocenters. The van der Waals surface area contributed by atoms with Gasteiger partial charge < -0.3 is 29.9 Å². The first-order valence-corrected chi connectivity index (χ1v) is 4.01. The Morgan fingerprint density at radius 1 is 1.21 bits per heavy atom. The van der Waals surface area contributed by atoms with Gasteiger partial charge in [0.2, 0.25) is 6.29 Å². The molecule has 1 fully saturated rings. The fourth-order valence-electron chi connectivity index (χ4n) is 1.23. The van der Waals surface area contributed by atoms with Crippen molar-refractivity contribution >= 4 is 6.47 Å². The number of aliphatic hydroxyl groups is 4. The molecule has 1 rings (SSSR count). The summed E-state index contributed by atoms with van der Waals surface area (Å²) in [5.41, 5.74) is 0. The molecule has 1 aliphatic rings. The molecule has 0 saturated carbocycles. The van der Waals surface area contributed by atoms with Crippen LogP contribution < -0.4 is 0 Å². The van der Waals surface area contributed by atoms with E-state index in [1.807, 2.05) is 0 Å². The van der Waals surface area contributed by atoms with Crippen molar-refractivity contribution in [3.8, 4) is 0 Å². The first-order chi connectivity index (χ1) is 6.61. The zero-order valence-corrected chi connectivity index (χ0v) is 7.18. The van der Waals surface area contributed by atoms with E-state index in [2.05, 4.69) is 4.74 Å². The molecule has 0 aromatic carbocycles. The first-order valence-electron chi connectivity index (χ1n) is 4.01. The maximum absolute atomic E-state index is 9.98. The van der Waals surface area contributed by atoms with Crippen LogP contribution in [-0.4, -0.2) is 64.2 Å². The molecular formula is C7H12O7.